The number of para-hydroxylation sites is 1. The Balaban J connectivity index is 2.14. The van der Waals surface area contributed by atoms with E-state index in [-0.39, 0.29) is 5.02 Å². The van der Waals surface area contributed by atoms with E-state index in [9.17, 15) is 4.39 Å². The number of nitrogen functional groups attached to an aromatic ring is 1. The fourth-order valence-electron chi connectivity index (χ4n) is 1.66. The summed E-state index contributed by atoms with van der Waals surface area (Å²) in [5.74, 6) is 0.216. The minimum atomic E-state index is -0.434. The minimum absolute atomic E-state index is 0.0915. The lowest BCUT2D eigenvalue weighted by Gasteiger charge is -2.11. The molecule has 0 bridgehead atoms. The van der Waals surface area contributed by atoms with Gasteiger partial charge in [-0.3, -0.25) is 0 Å². The zero-order chi connectivity index (χ0) is 13.1. The van der Waals surface area contributed by atoms with Crippen molar-refractivity contribution in [3.05, 3.63) is 58.4 Å². The average Bonchev–Trinajstić information content (AvgIpc) is 2.33. The average molecular weight is 266 g/mol. The quantitative estimate of drug-likeness (QED) is 0.853. The molecular weight excluding hydrogens is 253 g/mol. The smallest absolute Gasteiger partial charge is 0.145 e. The van der Waals surface area contributed by atoms with E-state index >= 15 is 0 Å². The molecule has 94 valence electrons. The number of benzene rings is 2. The Morgan fingerprint density at radius 1 is 1.28 bits per heavy atom. The van der Waals surface area contributed by atoms with Gasteiger partial charge in [0.05, 0.1) is 10.7 Å². The summed E-state index contributed by atoms with van der Waals surface area (Å²) in [6.07, 6.45) is 0. The Morgan fingerprint density at radius 2 is 2.06 bits per heavy atom. The summed E-state index contributed by atoms with van der Waals surface area (Å²) >= 11 is 5.70. The normalized spacial score (nSPS) is 10.4. The predicted octanol–water partition coefficient (Wildman–Crippen LogP) is 3.95. The molecule has 0 aliphatic rings. The molecule has 18 heavy (non-hydrogen) atoms. The predicted molar refractivity (Wildman–Crippen MR) is 71.3 cm³/mol. The van der Waals surface area contributed by atoms with Crippen LogP contribution >= 0.6 is 11.6 Å². The van der Waals surface area contributed by atoms with Crippen molar-refractivity contribution in [3.63, 3.8) is 0 Å². The highest BCUT2D eigenvalue weighted by molar-refractivity contribution is 6.30. The maximum atomic E-state index is 13.0. The maximum Gasteiger partial charge on any atom is 0.145 e. The molecule has 0 aliphatic heterocycles. The molecule has 0 atom stereocenters. The molecule has 0 fully saturated rings. The van der Waals surface area contributed by atoms with Crippen molar-refractivity contribution in [2.75, 3.05) is 5.73 Å². The summed E-state index contributed by atoms with van der Waals surface area (Å²) in [6, 6.07) is 10.1. The first-order valence-corrected chi connectivity index (χ1v) is 5.87. The highest BCUT2D eigenvalue weighted by atomic mass is 35.5. The van der Waals surface area contributed by atoms with E-state index < -0.39 is 5.82 Å². The van der Waals surface area contributed by atoms with Gasteiger partial charge in [0.2, 0.25) is 0 Å². The van der Waals surface area contributed by atoms with Crippen LogP contribution in [-0.4, -0.2) is 0 Å². The van der Waals surface area contributed by atoms with Crippen LogP contribution in [-0.2, 0) is 6.61 Å². The van der Waals surface area contributed by atoms with Gasteiger partial charge in [-0.25, -0.2) is 4.39 Å². The summed E-state index contributed by atoms with van der Waals surface area (Å²) in [4.78, 5) is 0. The van der Waals surface area contributed by atoms with E-state index in [2.05, 4.69) is 0 Å². The van der Waals surface area contributed by atoms with Crippen molar-refractivity contribution in [2.45, 2.75) is 13.5 Å². The topological polar surface area (TPSA) is 35.2 Å². The van der Waals surface area contributed by atoms with E-state index in [4.69, 9.17) is 22.1 Å². The zero-order valence-electron chi connectivity index (χ0n) is 9.91. The Labute approximate surface area is 110 Å². The number of anilines is 1. The lowest BCUT2D eigenvalue weighted by atomic mass is 10.2. The molecule has 0 saturated heterocycles. The van der Waals surface area contributed by atoms with Crippen molar-refractivity contribution >= 4 is 17.3 Å². The fraction of sp³-hybridized carbons (Fsp3) is 0.143. The number of halogens is 2. The lowest BCUT2D eigenvalue weighted by Crippen LogP contribution is -2.00. The van der Waals surface area contributed by atoms with Gasteiger partial charge in [-0.2, -0.15) is 0 Å². The third-order valence-corrected chi connectivity index (χ3v) is 2.90. The summed E-state index contributed by atoms with van der Waals surface area (Å²) in [7, 11) is 0. The molecule has 2 nitrogen and oxygen atoms in total. The SMILES string of the molecule is Cc1cccc(N)c1OCc1ccc(F)c(Cl)c1. The molecule has 0 heterocycles. The maximum absolute atomic E-state index is 13.0. The van der Waals surface area contributed by atoms with Crippen LogP contribution in [0.1, 0.15) is 11.1 Å². The van der Waals surface area contributed by atoms with Crippen molar-refractivity contribution in [2.24, 2.45) is 0 Å². The van der Waals surface area contributed by atoms with Crippen molar-refractivity contribution in [1.82, 2.24) is 0 Å². The second-order valence-corrected chi connectivity index (χ2v) is 4.44. The van der Waals surface area contributed by atoms with Crippen LogP contribution in [0.25, 0.3) is 0 Å². The van der Waals surface area contributed by atoms with E-state index in [1.807, 2.05) is 19.1 Å². The molecule has 0 saturated carbocycles. The van der Waals surface area contributed by atoms with Crippen LogP contribution < -0.4 is 10.5 Å². The summed E-state index contributed by atoms with van der Waals surface area (Å²) in [5, 5.41) is 0.0915. The van der Waals surface area contributed by atoms with Crippen molar-refractivity contribution < 1.29 is 9.13 Å². The van der Waals surface area contributed by atoms with Crippen LogP contribution in [0.5, 0.6) is 5.75 Å². The second-order valence-electron chi connectivity index (χ2n) is 4.03. The summed E-state index contributed by atoms with van der Waals surface area (Å²) in [5.41, 5.74) is 8.17. The number of rotatable bonds is 3. The first-order valence-electron chi connectivity index (χ1n) is 5.50. The van der Waals surface area contributed by atoms with E-state index in [1.54, 1.807) is 18.2 Å². The van der Waals surface area contributed by atoms with Gasteiger partial charge < -0.3 is 10.5 Å². The fourth-order valence-corrected chi connectivity index (χ4v) is 1.86. The first kappa shape index (κ1) is 12.7. The van der Waals surface area contributed by atoms with Gasteiger partial charge in [0.15, 0.2) is 0 Å². The number of aryl methyl sites for hydroxylation is 1. The Kier molecular flexibility index (Phi) is 3.72. The van der Waals surface area contributed by atoms with E-state index in [0.29, 0.717) is 18.0 Å². The molecule has 4 heteroatoms. The highest BCUT2D eigenvalue weighted by Gasteiger charge is 2.06. The molecule has 2 N–H and O–H groups in total. The summed E-state index contributed by atoms with van der Waals surface area (Å²) in [6.45, 7) is 2.22. The number of ether oxygens (including phenoxy) is 1. The van der Waals surface area contributed by atoms with E-state index in [1.165, 1.54) is 6.07 Å². The van der Waals surface area contributed by atoms with Gasteiger partial charge in [0.25, 0.3) is 0 Å². The van der Waals surface area contributed by atoms with E-state index in [0.717, 1.165) is 11.1 Å². The van der Waals surface area contributed by atoms with Gasteiger partial charge in [-0.15, -0.1) is 0 Å². The largest absolute Gasteiger partial charge is 0.486 e. The van der Waals surface area contributed by atoms with Gasteiger partial charge >= 0.3 is 0 Å². The number of hydrogen-bond donors (Lipinski definition) is 1. The molecule has 0 radical (unpaired) electrons. The van der Waals surface area contributed by atoms with Crippen LogP contribution in [0.2, 0.25) is 5.02 Å². The first-order chi connectivity index (χ1) is 8.58. The Morgan fingerprint density at radius 3 is 2.72 bits per heavy atom. The molecule has 2 aromatic rings. The minimum Gasteiger partial charge on any atom is -0.486 e. The van der Waals surface area contributed by atoms with Crippen LogP contribution in [0.15, 0.2) is 36.4 Å². The highest BCUT2D eigenvalue weighted by Crippen LogP contribution is 2.26. The number of hydrogen-bond acceptors (Lipinski definition) is 2. The standard InChI is InChI=1S/C14H13ClFNO/c1-9-3-2-4-13(17)14(9)18-8-10-5-6-12(16)11(15)7-10/h2-7H,8,17H2,1H3. The van der Waals surface area contributed by atoms with Crippen LogP contribution in [0.4, 0.5) is 10.1 Å². The third-order valence-electron chi connectivity index (χ3n) is 2.61. The monoisotopic (exact) mass is 265 g/mol. The Hall–Kier alpha value is -1.74. The van der Waals surface area contributed by atoms with Crippen LogP contribution in [0, 0.1) is 12.7 Å². The van der Waals surface area contributed by atoms with Crippen molar-refractivity contribution in [3.8, 4) is 5.75 Å². The lowest BCUT2D eigenvalue weighted by molar-refractivity contribution is 0.305. The van der Waals surface area contributed by atoms with Gasteiger partial charge in [-0.05, 0) is 36.2 Å². The molecule has 0 spiro atoms. The van der Waals surface area contributed by atoms with Gasteiger partial charge in [0, 0.05) is 0 Å². The molecule has 2 rings (SSSR count). The van der Waals surface area contributed by atoms with Gasteiger partial charge in [-0.1, -0.05) is 29.8 Å². The summed E-state index contributed by atoms with van der Waals surface area (Å²) < 4.78 is 18.6. The molecule has 2 aromatic carbocycles. The number of nitrogens with two attached hydrogens (primary N) is 1. The molecular formula is C14H13ClFNO. The molecule has 0 unspecified atom stereocenters. The molecule has 0 amide bonds. The van der Waals surface area contributed by atoms with Crippen molar-refractivity contribution in [1.29, 1.82) is 0 Å². The zero-order valence-corrected chi connectivity index (χ0v) is 10.7. The molecule has 0 aromatic heterocycles. The third kappa shape index (κ3) is 2.74. The van der Waals surface area contributed by atoms with Gasteiger partial charge in [0.1, 0.15) is 18.2 Å². The molecule has 0 aliphatic carbocycles. The Bertz CT molecular complexity index is 551. The second kappa shape index (κ2) is 5.27. The van der Waals surface area contributed by atoms with Crippen LogP contribution in [0.3, 0.4) is 0 Å².